The fourth-order valence-electron chi connectivity index (χ4n) is 3.47. The Morgan fingerprint density at radius 3 is 2.58 bits per heavy atom. The Kier molecular flexibility index (Phi) is 10.1. The van der Waals surface area contributed by atoms with Crippen LogP contribution in [0.25, 0.3) is 6.08 Å². The van der Waals surface area contributed by atoms with Crippen molar-refractivity contribution in [3.05, 3.63) is 60.2 Å². The molecule has 1 N–H and O–H groups in total. The molecule has 1 fully saturated rings. The van der Waals surface area contributed by atoms with Crippen molar-refractivity contribution in [2.45, 2.75) is 19.9 Å². The van der Waals surface area contributed by atoms with Crippen molar-refractivity contribution in [1.82, 2.24) is 10.2 Å². The molecule has 178 valence electrons. The smallest absolute Gasteiger partial charge is 0.244 e. The molecule has 2 aromatic rings. The van der Waals surface area contributed by atoms with Crippen LogP contribution in [-0.4, -0.2) is 69.5 Å². The summed E-state index contributed by atoms with van der Waals surface area (Å²) in [4.78, 5) is 14.6. The van der Waals surface area contributed by atoms with E-state index in [-0.39, 0.29) is 11.9 Å². The van der Waals surface area contributed by atoms with Gasteiger partial charge in [-0.15, -0.1) is 0 Å². The second kappa shape index (κ2) is 13.5. The number of nitrogens with zero attached hydrogens (tertiary/aromatic N) is 1. The predicted octanol–water partition coefficient (Wildman–Crippen LogP) is 3.39. The van der Waals surface area contributed by atoms with E-state index in [1.807, 2.05) is 55.5 Å². The van der Waals surface area contributed by atoms with Gasteiger partial charge in [-0.05, 0) is 49.8 Å². The number of ether oxygens (including phenoxy) is 4. The molecule has 0 saturated carbocycles. The normalized spacial score (nSPS) is 15.2. The number of rotatable bonds is 12. The number of para-hydroxylation sites is 1. The van der Waals surface area contributed by atoms with Crippen LogP contribution in [0.2, 0.25) is 0 Å². The highest BCUT2D eigenvalue weighted by atomic mass is 16.5. The first-order valence-corrected chi connectivity index (χ1v) is 11.5. The van der Waals surface area contributed by atoms with Crippen LogP contribution in [0.4, 0.5) is 0 Å². The maximum atomic E-state index is 12.3. The summed E-state index contributed by atoms with van der Waals surface area (Å²) in [6.07, 6.45) is 3.32. The van der Waals surface area contributed by atoms with Crippen LogP contribution in [0, 0.1) is 0 Å². The lowest BCUT2D eigenvalue weighted by Crippen LogP contribution is -2.47. The van der Waals surface area contributed by atoms with Gasteiger partial charge in [-0.3, -0.25) is 9.69 Å². The van der Waals surface area contributed by atoms with Crippen LogP contribution in [0.3, 0.4) is 0 Å². The van der Waals surface area contributed by atoms with Crippen LogP contribution in [-0.2, 0) is 9.53 Å². The first-order chi connectivity index (χ1) is 16.2. The molecule has 1 atom stereocenters. The molecular weight excluding hydrogens is 420 g/mol. The molecular formula is C26H34N2O5. The lowest BCUT2D eigenvalue weighted by molar-refractivity contribution is -0.116. The van der Waals surface area contributed by atoms with Crippen molar-refractivity contribution in [2.24, 2.45) is 0 Å². The molecule has 1 unspecified atom stereocenters. The number of nitrogens with one attached hydrogen (secondary N) is 1. The zero-order valence-corrected chi connectivity index (χ0v) is 19.5. The average molecular weight is 455 g/mol. The first-order valence-electron chi connectivity index (χ1n) is 11.5. The molecule has 1 saturated heterocycles. The number of benzene rings is 2. The van der Waals surface area contributed by atoms with E-state index in [0.29, 0.717) is 37.9 Å². The summed E-state index contributed by atoms with van der Waals surface area (Å²) in [5.41, 5.74) is 0.864. The summed E-state index contributed by atoms with van der Waals surface area (Å²) in [5, 5.41) is 2.97. The van der Waals surface area contributed by atoms with Crippen LogP contribution in [0.1, 0.15) is 19.4 Å². The Balaban J connectivity index is 1.47. The maximum absolute atomic E-state index is 12.3. The quantitative estimate of drug-likeness (QED) is 0.392. The Labute approximate surface area is 196 Å². The third-order valence-corrected chi connectivity index (χ3v) is 5.29. The molecule has 0 aliphatic carbocycles. The molecule has 7 heteroatoms. The first kappa shape index (κ1) is 24.6. The van der Waals surface area contributed by atoms with E-state index >= 15 is 0 Å². The molecule has 0 radical (unpaired) electrons. The van der Waals surface area contributed by atoms with Gasteiger partial charge in [0.25, 0.3) is 0 Å². The minimum Gasteiger partial charge on any atom is -0.490 e. The summed E-state index contributed by atoms with van der Waals surface area (Å²) in [7, 11) is 0. The van der Waals surface area contributed by atoms with Gasteiger partial charge in [0.05, 0.1) is 19.8 Å². The minimum absolute atomic E-state index is 0.119. The molecule has 0 bridgehead atoms. The summed E-state index contributed by atoms with van der Waals surface area (Å²) in [6, 6.07) is 15.5. The van der Waals surface area contributed by atoms with E-state index in [0.717, 1.165) is 37.6 Å². The summed E-state index contributed by atoms with van der Waals surface area (Å²) in [6.45, 7) is 9.30. The molecule has 33 heavy (non-hydrogen) atoms. The highest BCUT2D eigenvalue weighted by Gasteiger charge is 2.17. The van der Waals surface area contributed by atoms with Crippen LogP contribution < -0.4 is 19.5 Å². The largest absolute Gasteiger partial charge is 0.490 e. The maximum Gasteiger partial charge on any atom is 0.244 e. The Bertz CT molecular complexity index is 882. The minimum atomic E-state index is -0.119. The Morgan fingerprint density at radius 2 is 1.82 bits per heavy atom. The second-order valence-corrected chi connectivity index (χ2v) is 7.73. The molecule has 0 spiro atoms. The zero-order valence-electron chi connectivity index (χ0n) is 19.5. The summed E-state index contributed by atoms with van der Waals surface area (Å²) >= 11 is 0. The van der Waals surface area contributed by atoms with Gasteiger partial charge in [-0.1, -0.05) is 24.3 Å². The van der Waals surface area contributed by atoms with Gasteiger partial charge in [0.2, 0.25) is 5.91 Å². The van der Waals surface area contributed by atoms with Gasteiger partial charge in [-0.2, -0.15) is 0 Å². The third kappa shape index (κ3) is 8.44. The van der Waals surface area contributed by atoms with E-state index in [9.17, 15) is 4.79 Å². The van der Waals surface area contributed by atoms with Crippen LogP contribution in [0.5, 0.6) is 17.2 Å². The van der Waals surface area contributed by atoms with Crippen molar-refractivity contribution in [3.8, 4) is 17.2 Å². The fourth-order valence-corrected chi connectivity index (χ4v) is 3.47. The van der Waals surface area contributed by atoms with Crippen molar-refractivity contribution in [3.63, 3.8) is 0 Å². The van der Waals surface area contributed by atoms with Crippen LogP contribution in [0.15, 0.2) is 54.6 Å². The average Bonchev–Trinajstić information content (AvgIpc) is 2.86. The highest BCUT2D eigenvalue weighted by Crippen LogP contribution is 2.29. The van der Waals surface area contributed by atoms with E-state index < -0.39 is 0 Å². The topological polar surface area (TPSA) is 69.3 Å². The van der Waals surface area contributed by atoms with E-state index in [1.165, 1.54) is 0 Å². The lowest BCUT2D eigenvalue weighted by Gasteiger charge is -2.32. The van der Waals surface area contributed by atoms with Crippen molar-refractivity contribution >= 4 is 12.0 Å². The van der Waals surface area contributed by atoms with Gasteiger partial charge < -0.3 is 24.3 Å². The summed E-state index contributed by atoms with van der Waals surface area (Å²) < 4.78 is 22.6. The van der Waals surface area contributed by atoms with Crippen molar-refractivity contribution in [2.75, 3.05) is 52.7 Å². The SMILES string of the molecule is CCOc1cc(/C=C/C(=O)NCC(C)N2CCOCC2)ccc1OCCOc1ccccc1. The van der Waals surface area contributed by atoms with Crippen LogP contribution >= 0.6 is 0 Å². The standard InChI is InChI=1S/C26H34N2O5/c1-3-31-25-19-22(9-11-24(25)33-18-17-32-23-7-5-4-6-8-23)10-12-26(29)27-20-21(2)28-13-15-30-16-14-28/h4-12,19,21H,3,13-18,20H2,1-2H3,(H,27,29)/b12-10+. The monoisotopic (exact) mass is 454 g/mol. The zero-order chi connectivity index (χ0) is 23.3. The Morgan fingerprint density at radius 1 is 1.06 bits per heavy atom. The number of hydrogen-bond donors (Lipinski definition) is 1. The number of carbonyl (C=O) groups is 1. The van der Waals surface area contributed by atoms with E-state index in [4.69, 9.17) is 18.9 Å². The fraction of sp³-hybridized carbons (Fsp3) is 0.423. The van der Waals surface area contributed by atoms with Gasteiger partial charge in [0.15, 0.2) is 11.5 Å². The van der Waals surface area contributed by atoms with Gasteiger partial charge in [-0.25, -0.2) is 0 Å². The van der Waals surface area contributed by atoms with Crippen molar-refractivity contribution < 1.29 is 23.7 Å². The second-order valence-electron chi connectivity index (χ2n) is 7.73. The number of carbonyl (C=O) groups excluding carboxylic acids is 1. The molecule has 7 nitrogen and oxygen atoms in total. The molecule has 2 aromatic carbocycles. The molecule has 1 amide bonds. The number of morpholine rings is 1. The Hall–Kier alpha value is -3.03. The third-order valence-electron chi connectivity index (χ3n) is 5.29. The highest BCUT2D eigenvalue weighted by molar-refractivity contribution is 5.91. The summed E-state index contributed by atoms with van der Waals surface area (Å²) in [5.74, 6) is 1.98. The molecule has 1 heterocycles. The van der Waals surface area contributed by atoms with Gasteiger partial charge in [0.1, 0.15) is 19.0 Å². The van der Waals surface area contributed by atoms with Gasteiger partial charge >= 0.3 is 0 Å². The number of amides is 1. The van der Waals surface area contributed by atoms with E-state index in [1.54, 1.807) is 12.2 Å². The lowest BCUT2D eigenvalue weighted by atomic mass is 10.2. The number of hydrogen-bond acceptors (Lipinski definition) is 6. The molecule has 0 aromatic heterocycles. The molecule has 3 rings (SSSR count). The van der Waals surface area contributed by atoms with E-state index in [2.05, 4.69) is 17.1 Å². The predicted molar refractivity (Wildman–Crippen MR) is 129 cm³/mol. The van der Waals surface area contributed by atoms with Crippen molar-refractivity contribution in [1.29, 1.82) is 0 Å². The molecule has 1 aliphatic rings. The van der Waals surface area contributed by atoms with Gasteiger partial charge in [0, 0.05) is 31.8 Å². The molecule has 1 aliphatic heterocycles.